The van der Waals surface area contributed by atoms with Crippen molar-refractivity contribution in [3.63, 3.8) is 0 Å². The van der Waals surface area contributed by atoms with Crippen molar-refractivity contribution in [2.45, 2.75) is 61.5 Å². The maximum absolute atomic E-state index is 12.3. The summed E-state index contributed by atoms with van der Waals surface area (Å²) in [7, 11) is 0. The molecule has 1 aliphatic rings. The molecule has 0 aromatic heterocycles. The van der Waals surface area contributed by atoms with Crippen LogP contribution in [0.3, 0.4) is 0 Å². The van der Waals surface area contributed by atoms with Crippen molar-refractivity contribution in [2.24, 2.45) is 5.73 Å². The van der Waals surface area contributed by atoms with Crippen LogP contribution in [0.15, 0.2) is 52.3 Å². The summed E-state index contributed by atoms with van der Waals surface area (Å²) in [6.45, 7) is 5.38. The number of amides is 2. The first-order chi connectivity index (χ1) is 14.6. The largest absolute Gasteiger partial charge is 0.460 e. The Labute approximate surface area is 186 Å². The van der Waals surface area contributed by atoms with E-state index < -0.39 is 11.6 Å². The summed E-state index contributed by atoms with van der Waals surface area (Å²) < 4.78 is 5.23. The van der Waals surface area contributed by atoms with Gasteiger partial charge in [-0.15, -0.1) is 0 Å². The predicted molar refractivity (Wildman–Crippen MR) is 121 cm³/mol. The van der Waals surface area contributed by atoms with Crippen molar-refractivity contribution in [3.8, 4) is 0 Å². The van der Waals surface area contributed by atoms with Crippen LogP contribution in [-0.2, 0) is 25.5 Å². The van der Waals surface area contributed by atoms with E-state index in [4.69, 9.17) is 10.5 Å². The zero-order valence-electron chi connectivity index (χ0n) is 17.9. The summed E-state index contributed by atoms with van der Waals surface area (Å²) in [5.74, 6) is -0.704. The lowest BCUT2D eigenvalue weighted by Crippen LogP contribution is -2.36. The second kappa shape index (κ2) is 9.53. The van der Waals surface area contributed by atoms with E-state index in [0.29, 0.717) is 12.1 Å². The highest BCUT2D eigenvalue weighted by atomic mass is 32.2. The van der Waals surface area contributed by atoms with Crippen LogP contribution < -0.4 is 16.4 Å². The van der Waals surface area contributed by atoms with Gasteiger partial charge in [-0.05, 0) is 75.2 Å². The lowest BCUT2D eigenvalue weighted by Gasteiger charge is -2.20. The molecule has 1 aliphatic heterocycles. The Bertz CT molecular complexity index is 983. The van der Waals surface area contributed by atoms with Gasteiger partial charge in [-0.1, -0.05) is 11.8 Å². The topological polar surface area (TPSA) is 111 Å². The first kappa shape index (κ1) is 22.8. The zero-order chi connectivity index (χ0) is 22.6. The molecule has 164 valence electrons. The van der Waals surface area contributed by atoms with E-state index >= 15 is 0 Å². The van der Waals surface area contributed by atoms with Crippen LogP contribution in [0.5, 0.6) is 0 Å². The highest BCUT2D eigenvalue weighted by molar-refractivity contribution is 7.99. The van der Waals surface area contributed by atoms with Crippen LogP contribution in [0.25, 0.3) is 0 Å². The third-order valence-electron chi connectivity index (χ3n) is 4.48. The summed E-state index contributed by atoms with van der Waals surface area (Å²) in [6, 6.07) is 12.5. The number of nitrogens with one attached hydrogen (secondary N) is 2. The minimum atomic E-state index is -0.802. The molecule has 2 aromatic carbocycles. The molecule has 0 bridgehead atoms. The maximum Gasteiger partial charge on any atom is 0.306 e. The molecule has 2 amide bonds. The van der Waals surface area contributed by atoms with Gasteiger partial charge < -0.3 is 21.1 Å². The Morgan fingerprint density at radius 2 is 1.84 bits per heavy atom. The molecule has 0 fully saturated rings. The number of anilines is 2. The molecule has 7 nitrogen and oxygen atoms in total. The van der Waals surface area contributed by atoms with Gasteiger partial charge in [0.25, 0.3) is 0 Å². The molecule has 3 rings (SSSR count). The first-order valence-corrected chi connectivity index (χ1v) is 10.9. The molecule has 0 saturated heterocycles. The van der Waals surface area contributed by atoms with Crippen LogP contribution in [0.1, 0.15) is 39.2 Å². The molecule has 0 aliphatic carbocycles. The van der Waals surface area contributed by atoms with Crippen molar-refractivity contribution in [2.75, 3.05) is 10.6 Å². The summed E-state index contributed by atoms with van der Waals surface area (Å²) in [5.41, 5.74) is 7.85. The van der Waals surface area contributed by atoms with Crippen LogP contribution >= 0.6 is 11.8 Å². The minimum Gasteiger partial charge on any atom is -0.460 e. The second-order valence-electron chi connectivity index (χ2n) is 8.39. The number of nitrogens with two attached hydrogens (primary N) is 1. The number of hydrogen-bond acceptors (Lipinski definition) is 6. The van der Waals surface area contributed by atoms with Crippen molar-refractivity contribution in [1.29, 1.82) is 0 Å². The molecule has 31 heavy (non-hydrogen) atoms. The van der Waals surface area contributed by atoms with Gasteiger partial charge in [0.2, 0.25) is 11.8 Å². The number of rotatable bonds is 7. The zero-order valence-corrected chi connectivity index (χ0v) is 18.7. The summed E-state index contributed by atoms with van der Waals surface area (Å²) in [5, 5.41) is 5.60. The standard InChI is InChI=1S/C23H27N3O4S/c1-23(2,3)30-21(28)11-9-18(24)22(29)25-15-4-6-16(7-5-15)31-17-8-10-19-14(12-17)13-20(27)26-19/h4-8,10,12,18H,9,11,13,24H2,1-3H3,(H,25,29)(H,26,27)/t18-/m0/s1. The van der Waals surface area contributed by atoms with Gasteiger partial charge >= 0.3 is 5.97 Å². The molecular weight excluding hydrogens is 414 g/mol. The minimum absolute atomic E-state index is 0.0153. The fourth-order valence-electron chi connectivity index (χ4n) is 3.04. The van der Waals surface area contributed by atoms with Gasteiger partial charge in [0.1, 0.15) is 5.60 Å². The number of carbonyl (C=O) groups excluding carboxylic acids is 3. The fraction of sp³-hybridized carbons (Fsp3) is 0.348. The van der Waals surface area contributed by atoms with Crippen molar-refractivity contribution in [1.82, 2.24) is 0 Å². The van der Waals surface area contributed by atoms with Gasteiger partial charge in [-0.2, -0.15) is 0 Å². The van der Waals surface area contributed by atoms with Gasteiger partial charge in [0, 0.05) is 27.6 Å². The van der Waals surface area contributed by atoms with Gasteiger partial charge in [0.05, 0.1) is 12.5 Å². The van der Waals surface area contributed by atoms with Crippen LogP contribution in [0, 0.1) is 0 Å². The lowest BCUT2D eigenvalue weighted by atomic mass is 10.1. The smallest absolute Gasteiger partial charge is 0.306 e. The SMILES string of the molecule is CC(C)(C)OC(=O)CC[C@H](N)C(=O)Nc1ccc(Sc2ccc3c(c2)CC(=O)N3)cc1. The molecule has 0 radical (unpaired) electrons. The Hall–Kier alpha value is -2.84. The normalized spacial score (nSPS) is 13.9. The average Bonchev–Trinajstić information content (AvgIpc) is 3.05. The molecule has 2 aromatic rings. The first-order valence-electron chi connectivity index (χ1n) is 10.1. The third-order valence-corrected chi connectivity index (χ3v) is 5.47. The van der Waals surface area contributed by atoms with Crippen LogP contribution in [0.4, 0.5) is 11.4 Å². The highest BCUT2D eigenvalue weighted by Crippen LogP contribution is 2.33. The summed E-state index contributed by atoms with van der Waals surface area (Å²) in [4.78, 5) is 37.6. The van der Waals surface area contributed by atoms with E-state index in [1.165, 1.54) is 0 Å². The lowest BCUT2D eigenvalue weighted by molar-refractivity contribution is -0.155. The van der Waals surface area contributed by atoms with E-state index in [1.54, 1.807) is 44.7 Å². The average molecular weight is 442 g/mol. The quantitative estimate of drug-likeness (QED) is 0.565. The summed E-state index contributed by atoms with van der Waals surface area (Å²) in [6.07, 6.45) is 0.705. The molecule has 0 spiro atoms. The van der Waals surface area contributed by atoms with Gasteiger partial charge in [0.15, 0.2) is 0 Å². The fourth-order valence-corrected chi connectivity index (χ4v) is 3.93. The molecule has 8 heteroatoms. The number of hydrogen-bond donors (Lipinski definition) is 3. The number of carbonyl (C=O) groups is 3. The Morgan fingerprint density at radius 3 is 2.52 bits per heavy atom. The Morgan fingerprint density at radius 1 is 1.16 bits per heavy atom. The number of ether oxygens (including phenoxy) is 1. The highest BCUT2D eigenvalue weighted by Gasteiger charge is 2.20. The van der Waals surface area contributed by atoms with Gasteiger partial charge in [-0.25, -0.2) is 0 Å². The maximum atomic E-state index is 12.3. The van der Waals surface area contributed by atoms with Crippen molar-refractivity contribution in [3.05, 3.63) is 48.0 Å². The summed E-state index contributed by atoms with van der Waals surface area (Å²) >= 11 is 1.58. The monoisotopic (exact) mass is 441 g/mol. The number of esters is 1. The number of benzene rings is 2. The third kappa shape index (κ3) is 6.83. The Kier molecular flexibility index (Phi) is 7.02. The van der Waals surface area contributed by atoms with Crippen molar-refractivity contribution < 1.29 is 19.1 Å². The van der Waals surface area contributed by atoms with E-state index in [9.17, 15) is 14.4 Å². The molecule has 1 heterocycles. The van der Waals surface area contributed by atoms with Crippen LogP contribution in [-0.4, -0.2) is 29.4 Å². The van der Waals surface area contributed by atoms with E-state index in [2.05, 4.69) is 10.6 Å². The van der Waals surface area contributed by atoms with Crippen LogP contribution in [0.2, 0.25) is 0 Å². The molecule has 0 unspecified atom stereocenters. The predicted octanol–water partition coefficient (Wildman–Crippen LogP) is 3.72. The number of fused-ring (bicyclic) bond motifs is 1. The van der Waals surface area contributed by atoms with E-state index in [-0.39, 0.29) is 30.6 Å². The van der Waals surface area contributed by atoms with Crippen molar-refractivity contribution >= 4 is 40.9 Å². The molecular formula is C23H27N3O4S. The molecule has 0 saturated carbocycles. The van der Waals surface area contributed by atoms with E-state index in [0.717, 1.165) is 21.0 Å². The second-order valence-corrected chi connectivity index (χ2v) is 9.54. The van der Waals surface area contributed by atoms with Gasteiger partial charge in [-0.3, -0.25) is 14.4 Å². The Balaban J connectivity index is 1.50. The van der Waals surface area contributed by atoms with E-state index in [1.807, 2.05) is 30.3 Å². The molecule has 4 N–H and O–H groups in total. The molecule has 1 atom stereocenters.